The number of hydrogen-bond donors (Lipinski definition) is 1. The molecular formula is C17H21NO. The number of amides is 1. The molecule has 4 unspecified atom stereocenters. The van der Waals surface area contributed by atoms with Crippen molar-refractivity contribution in [3.63, 3.8) is 0 Å². The van der Waals surface area contributed by atoms with E-state index in [1.165, 1.54) is 38.5 Å². The molecular weight excluding hydrogens is 234 g/mol. The van der Waals surface area contributed by atoms with Gasteiger partial charge in [0.15, 0.2) is 0 Å². The van der Waals surface area contributed by atoms with E-state index < -0.39 is 0 Å². The van der Waals surface area contributed by atoms with E-state index in [-0.39, 0.29) is 11.4 Å². The van der Waals surface area contributed by atoms with Crippen LogP contribution in [0.4, 0.5) is 0 Å². The molecule has 4 rings (SSSR count). The van der Waals surface area contributed by atoms with Crippen molar-refractivity contribution < 1.29 is 4.79 Å². The number of rotatable bonds is 2. The first-order valence-corrected chi connectivity index (χ1v) is 7.67. The molecule has 0 aromatic heterocycles. The second-order valence-electron chi connectivity index (χ2n) is 6.63. The van der Waals surface area contributed by atoms with Crippen molar-refractivity contribution in [2.75, 3.05) is 0 Å². The Bertz CT molecular complexity index is 497. The molecule has 3 aliphatic carbocycles. The van der Waals surface area contributed by atoms with Gasteiger partial charge in [-0.2, -0.15) is 0 Å². The summed E-state index contributed by atoms with van der Waals surface area (Å²) in [5.41, 5.74) is 0.959. The first-order valence-electron chi connectivity index (χ1n) is 7.67. The molecule has 1 aromatic rings. The van der Waals surface area contributed by atoms with Gasteiger partial charge in [-0.3, -0.25) is 4.79 Å². The molecule has 0 saturated heterocycles. The van der Waals surface area contributed by atoms with Gasteiger partial charge >= 0.3 is 0 Å². The Morgan fingerprint density at radius 1 is 1.16 bits per heavy atom. The maximum Gasteiger partial charge on any atom is 0.251 e. The van der Waals surface area contributed by atoms with E-state index >= 15 is 0 Å². The average molecular weight is 255 g/mol. The summed E-state index contributed by atoms with van der Waals surface area (Å²) in [6, 6.07) is 9.69. The maximum atomic E-state index is 12.5. The number of hydrogen-bond acceptors (Lipinski definition) is 1. The van der Waals surface area contributed by atoms with Crippen LogP contribution in [0.15, 0.2) is 30.3 Å². The fourth-order valence-corrected chi connectivity index (χ4v) is 5.20. The highest BCUT2D eigenvalue weighted by Gasteiger charge is 2.60. The molecule has 4 atom stereocenters. The summed E-state index contributed by atoms with van der Waals surface area (Å²) in [6.45, 7) is 0. The van der Waals surface area contributed by atoms with Crippen LogP contribution >= 0.6 is 0 Å². The highest BCUT2D eigenvalue weighted by Crippen LogP contribution is 2.61. The van der Waals surface area contributed by atoms with Gasteiger partial charge in [-0.1, -0.05) is 24.6 Å². The van der Waals surface area contributed by atoms with E-state index in [0.29, 0.717) is 0 Å². The van der Waals surface area contributed by atoms with Crippen LogP contribution in [-0.4, -0.2) is 11.4 Å². The molecule has 3 fully saturated rings. The monoisotopic (exact) mass is 255 g/mol. The fraction of sp³-hybridized carbons (Fsp3) is 0.588. The van der Waals surface area contributed by atoms with Crippen LogP contribution in [0.1, 0.15) is 48.9 Å². The van der Waals surface area contributed by atoms with Crippen LogP contribution in [0.25, 0.3) is 0 Å². The van der Waals surface area contributed by atoms with Crippen LogP contribution in [-0.2, 0) is 0 Å². The summed E-state index contributed by atoms with van der Waals surface area (Å²) in [4.78, 5) is 12.5. The van der Waals surface area contributed by atoms with Crippen molar-refractivity contribution in [1.29, 1.82) is 0 Å². The topological polar surface area (TPSA) is 29.1 Å². The molecule has 0 aliphatic heterocycles. The van der Waals surface area contributed by atoms with Crippen molar-refractivity contribution in [1.82, 2.24) is 5.32 Å². The van der Waals surface area contributed by atoms with Crippen LogP contribution in [0, 0.1) is 17.8 Å². The highest BCUT2D eigenvalue weighted by atomic mass is 16.1. The molecule has 100 valence electrons. The first kappa shape index (κ1) is 11.5. The van der Waals surface area contributed by atoms with E-state index in [9.17, 15) is 4.79 Å². The Kier molecular flexibility index (Phi) is 2.48. The lowest BCUT2D eigenvalue weighted by molar-refractivity contribution is 0.0804. The summed E-state index contributed by atoms with van der Waals surface area (Å²) in [7, 11) is 0. The van der Waals surface area contributed by atoms with Crippen LogP contribution in [0.3, 0.4) is 0 Å². The van der Waals surface area contributed by atoms with Crippen LogP contribution in [0.5, 0.6) is 0 Å². The lowest BCUT2D eigenvalue weighted by Gasteiger charge is -2.40. The lowest BCUT2D eigenvalue weighted by Crippen LogP contribution is -2.54. The summed E-state index contributed by atoms with van der Waals surface area (Å²) in [6.07, 6.45) is 7.93. The Balaban J connectivity index is 1.61. The highest BCUT2D eigenvalue weighted by molar-refractivity contribution is 5.94. The van der Waals surface area contributed by atoms with Gasteiger partial charge in [0.05, 0.1) is 0 Å². The molecule has 2 nitrogen and oxygen atoms in total. The Morgan fingerprint density at radius 3 is 2.84 bits per heavy atom. The number of carbonyl (C=O) groups is 1. The van der Waals surface area contributed by atoms with Crippen LogP contribution in [0.2, 0.25) is 0 Å². The first-order chi connectivity index (χ1) is 9.29. The maximum absolute atomic E-state index is 12.5. The minimum atomic E-state index is 0.139. The molecule has 0 spiro atoms. The standard InChI is InChI=1S/C17H21NO/c19-16(12-5-2-1-3-6-12)18-17-10-4-7-15(17)13-8-9-14(17)11-13/h1-3,5-6,13-15H,4,7-11H2,(H,18,19). The van der Waals surface area contributed by atoms with Crippen molar-refractivity contribution in [2.45, 2.75) is 44.1 Å². The SMILES string of the molecule is O=C(NC12CCCC1C1CCC2C1)c1ccccc1. The van der Waals surface area contributed by atoms with E-state index in [4.69, 9.17) is 0 Å². The molecule has 3 saturated carbocycles. The summed E-state index contributed by atoms with van der Waals surface area (Å²) >= 11 is 0. The number of fused-ring (bicyclic) bond motifs is 5. The lowest BCUT2D eigenvalue weighted by atomic mass is 9.74. The van der Waals surface area contributed by atoms with Gasteiger partial charge in [-0.05, 0) is 62.0 Å². The van der Waals surface area contributed by atoms with Crippen molar-refractivity contribution in [3.8, 4) is 0 Å². The molecule has 2 bridgehead atoms. The Labute approximate surface area is 114 Å². The molecule has 19 heavy (non-hydrogen) atoms. The zero-order chi connectivity index (χ0) is 12.9. The molecule has 0 heterocycles. The minimum absolute atomic E-state index is 0.139. The third kappa shape index (κ3) is 1.58. The zero-order valence-electron chi connectivity index (χ0n) is 11.3. The number of nitrogens with one attached hydrogen (secondary N) is 1. The molecule has 1 amide bonds. The predicted molar refractivity (Wildman–Crippen MR) is 74.8 cm³/mol. The van der Waals surface area contributed by atoms with Crippen LogP contribution < -0.4 is 5.32 Å². The number of carbonyl (C=O) groups excluding carboxylic acids is 1. The van der Waals surface area contributed by atoms with Crippen molar-refractivity contribution in [2.24, 2.45) is 17.8 Å². The predicted octanol–water partition coefficient (Wildman–Crippen LogP) is 3.39. The normalized spacial score (nSPS) is 39.3. The van der Waals surface area contributed by atoms with Crippen molar-refractivity contribution in [3.05, 3.63) is 35.9 Å². The van der Waals surface area contributed by atoms with Gasteiger partial charge < -0.3 is 5.32 Å². The largest absolute Gasteiger partial charge is 0.346 e. The second-order valence-corrected chi connectivity index (χ2v) is 6.63. The van der Waals surface area contributed by atoms with Gasteiger partial charge in [-0.15, -0.1) is 0 Å². The molecule has 3 aliphatic rings. The summed E-state index contributed by atoms with van der Waals surface area (Å²) in [5, 5.41) is 3.46. The van der Waals surface area contributed by atoms with Gasteiger partial charge in [0.2, 0.25) is 0 Å². The smallest absolute Gasteiger partial charge is 0.251 e. The second kappa shape index (κ2) is 4.09. The molecule has 1 aromatic carbocycles. The Morgan fingerprint density at radius 2 is 2.00 bits per heavy atom. The quantitative estimate of drug-likeness (QED) is 0.862. The zero-order valence-corrected chi connectivity index (χ0v) is 11.3. The summed E-state index contributed by atoms with van der Waals surface area (Å²) < 4.78 is 0. The minimum Gasteiger partial charge on any atom is -0.346 e. The molecule has 0 radical (unpaired) electrons. The third-order valence-electron chi connectivity index (χ3n) is 5.92. The van der Waals surface area contributed by atoms with Gasteiger partial charge in [-0.25, -0.2) is 0 Å². The van der Waals surface area contributed by atoms with E-state index in [2.05, 4.69) is 5.32 Å². The van der Waals surface area contributed by atoms with E-state index in [1.807, 2.05) is 30.3 Å². The van der Waals surface area contributed by atoms with Gasteiger partial charge in [0, 0.05) is 11.1 Å². The van der Waals surface area contributed by atoms with E-state index in [1.54, 1.807) is 0 Å². The molecule has 1 N–H and O–H groups in total. The van der Waals surface area contributed by atoms with Gasteiger partial charge in [0.25, 0.3) is 5.91 Å². The number of benzene rings is 1. The van der Waals surface area contributed by atoms with E-state index in [0.717, 1.165) is 23.3 Å². The fourth-order valence-electron chi connectivity index (χ4n) is 5.20. The van der Waals surface area contributed by atoms with Crippen molar-refractivity contribution >= 4 is 5.91 Å². The molecule has 2 heteroatoms. The van der Waals surface area contributed by atoms with Gasteiger partial charge in [0.1, 0.15) is 0 Å². The summed E-state index contributed by atoms with van der Waals surface area (Å²) in [5.74, 6) is 2.54. The average Bonchev–Trinajstić information content (AvgIpc) is 3.11. The Hall–Kier alpha value is -1.31. The third-order valence-corrected chi connectivity index (χ3v) is 5.92.